The number of hydrazone groups is 1. The number of halogens is 1. The van der Waals surface area contributed by atoms with E-state index in [9.17, 15) is 4.79 Å². The van der Waals surface area contributed by atoms with Gasteiger partial charge in [-0.2, -0.15) is 10.1 Å². The molecule has 112 valence electrons. The summed E-state index contributed by atoms with van der Waals surface area (Å²) in [5.74, 6) is 0.699. The molecular formula is C16H14ClN3OS. The van der Waals surface area contributed by atoms with E-state index in [1.54, 1.807) is 29.5 Å². The van der Waals surface area contributed by atoms with Gasteiger partial charge in [-0.05, 0) is 42.8 Å². The Morgan fingerprint density at radius 3 is 3.09 bits per heavy atom. The number of fused-ring (bicyclic) bond motifs is 3. The number of hydrogen-bond donors (Lipinski definition) is 0. The van der Waals surface area contributed by atoms with Gasteiger partial charge in [0.25, 0.3) is 0 Å². The van der Waals surface area contributed by atoms with Gasteiger partial charge in [-0.25, -0.2) is 4.98 Å². The first-order chi connectivity index (χ1) is 10.7. The van der Waals surface area contributed by atoms with Crippen molar-refractivity contribution >= 4 is 40.4 Å². The number of amides is 1. The summed E-state index contributed by atoms with van der Waals surface area (Å²) in [6.45, 7) is 0. The molecular weight excluding hydrogens is 318 g/mol. The molecule has 3 heterocycles. The fraction of sp³-hybridized carbons (Fsp3) is 0.312. The van der Waals surface area contributed by atoms with Crippen LogP contribution in [0.5, 0.6) is 0 Å². The number of aromatic nitrogens is 1. The fourth-order valence-corrected chi connectivity index (χ4v) is 4.21. The molecule has 6 heteroatoms. The van der Waals surface area contributed by atoms with Crippen LogP contribution in [0.3, 0.4) is 0 Å². The predicted molar refractivity (Wildman–Crippen MR) is 88.6 cm³/mol. The molecule has 0 aromatic carbocycles. The minimum Gasteiger partial charge on any atom is -0.272 e. The third-order valence-corrected chi connectivity index (χ3v) is 5.34. The van der Waals surface area contributed by atoms with Crippen molar-refractivity contribution in [2.75, 3.05) is 5.01 Å². The lowest BCUT2D eigenvalue weighted by molar-refractivity contribution is -0.119. The van der Waals surface area contributed by atoms with Crippen LogP contribution in [0.4, 0.5) is 5.82 Å². The summed E-state index contributed by atoms with van der Waals surface area (Å²) in [5, 5.41) is 8.53. The standard InChI is InChI=1S/C16H14ClN3OS/c17-13-5-2-6-14(18-13)20-15(21)9-10-3-1-4-12-11(7-8-22-12)16(10)19-20/h2,5-8,10H,1,3-4,9H2. The molecule has 2 aromatic rings. The van der Waals surface area contributed by atoms with Gasteiger partial charge in [-0.3, -0.25) is 4.79 Å². The Hall–Kier alpha value is -1.72. The second-order valence-electron chi connectivity index (χ2n) is 5.56. The number of anilines is 1. The van der Waals surface area contributed by atoms with Crippen molar-refractivity contribution in [1.29, 1.82) is 0 Å². The normalized spacial score (nSPS) is 21.0. The van der Waals surface area contributed by atoms with Crippen LogP contribution in [0.2, 0.25) is 5.15 Å². The maximum absolute atomic E-state index is 12.5. The molecule has 4 rings (SSSR count). The topological polar surface area (TPSA) is 45.6 Å². The molecule has 1 aliphatic carbocycles. The van der Waals surface area contributed by atoms with E-state index in [-0.39, 0.29) is 11.8 Å². The van der Waals surface area contributed by atoms with Gasteiger partial charge >= 0.3 is 0 Å². The summed E-state index contributed by atoms with van der Waals surface area (Å²) in [4.78, 5) is 18.0. The van der Waals surface area contributed by atoms with Gasteiger partial charge in [0.2, 0.25) is 5.91 Å². The Morgan fingerprint density at radius 2 is 2.23 bits per heavy atom. The molecule has 1 amide bonds. The third kappa shape index (κ3) is 2.34. The summed E-state index contributed by atoms with van der Waals surface area (Å²) in [6.07, 6.45) is 3.69. The van der Waals surface area contributed by atoms with E-state index in [0.717, 1.165) is 25.0 Å². The molecule has 0 saturated heterocycles. The minimum absolute atomic E-state index is 0.0119. The van der Waals surface area contributed by atoms with Gasteiger partial charge in [-0.1, -0.05) is 17.7 Å². The quantitative estimate of drug-likeness (QED) is 0.744. The zero-order valence-electron chi connectivity index (χ0n) is 11.8. The zero-order chi connectivity index (χ0) is 15.1. The molecule has 1 atom stereocenters. The van der Waals surface area contributed by atoms with Crippen molar-refractivity contribution in [1.82, 2.24) is 4.98 Å². The number of carbonyl (C=O) groups excluding carboxylic acids is 1. The van der Waals surface area contributed by atoms with Crippen LogP contribution in [-0.2, 0) is 11.2 Å². The first-order valence-electron chi connectivity index (χ1n) is 7.33. The van der Waals surface area contributed by atoms with E-state index in [4.69, 9.17) is 11.6 Å². The van der Waals surface area contributed by atoms with Gasteiger partial charge in [0.15, 0.2) is 5.82 Å². The maximum Gasteiger partial charge on any atom is 0.249 e. The lowest BCUT2D eigenvalue weighted by Gasteiger charge is -2.27. The van der Waals surface area contributed by atoms with E-state index in [2.05, 4.69) is 21.5 Å². The molecule has 2 aromatic heterocycles. The van der Waals surface area contributed by atoms with Crippen LogP contribution in [0.25, 0.3) is 0 Å². The molecule has 0 bridgehead atoms. The molecule has 0 radical (unpaired) electrons. The summed E-state index contributed by atoms with van der Waals surface area (Å²) >= 11 is 7.72. The lowest BCUT2D eigenvalue weighted by Crippen LogP contribution is -2.37. The van der Waals surface area contributed by atoms with Gasteiger partial charge in [0.05, 0.1) is 5.71 Å². The van der Waals surface area contributed by atoms with Crippen LogP contribution in [0.15, 0.2) is 34.7 Å². The van der Waals surface area contributed by atoms with Crippen molar-refractivity contribution < 1.29 is 4.79 Å². The number of aryl methyl sites for hydroxylation is 1. The number of carbonyl (C=O) groups is 1. The molecule has 4 nitrogen and oxygen atoms in total. The Labute approximate surface area is 137 Å². The Kier molecular flexibility index (Phi) is 3.47. The number of nitrogens with zero attached hydrogens (tertiary/aromatic N) is 3. The first kappa shape index (κ1) is 13.9. The van der Waals surface area contributed by atoms with Crippen LogP contribution in [0, 0.1) is 5.92 Å². The van der Waals surface area contributed by atoms with Crippen molar-refractivity contribution in [3.8, 4) is 0 Å². The molecule has 0 saturated carbocycles. The Balaban J connectivity index is 1.81. The van der Waals surface area contributed by atoms with Crippen molar-refractivity contribution in [2.45, 2.75) is 25.7 Å². The highest BCUT2D eigenvalue weighted by Gasteiger charge is 2.34. The van der Waals surface area contributed by atoms with Crippen LogP contribution in [0.1, 0.15) is 29.7 Å². The van der Waals surface area contributed by atoms with Crippen molar-refractivity contribution in [2.24, 2.45) is 11.0 Å². The highest BCUT2D eigenvalue weighted by atomic mass is 35.5. The van der Waals surface area contributed by atoms with Crippen molar-refractivity contribution in [3.05, 3.63) is 45.2 Å². The molecule has 2 aliphatic rings. The molecule has 0 spiro atoms. The van der Waals surface area contributed by atoms with E-state index in [1.165, 1.54) is 15.4 Å². The predicted octanol–water partition coefficient (Wildman–Crippen LogP) is 3.89. The van der Waals surface area contributed by atoms with Crippen molar-refractivity contribution in [3.63, 3.8) is 0 Å². The molecule has 1 unspecified atom stereocenters. The minimum atomic E-state index is -0.0119. The average Bonchev–Trinajstić information content (AvgIpc) is 2.89. The molecule has 22 heavy (non-hydrogen) atoms. The molecule has 1 aliphatic heterocycles. The highest BCUT2D eigenvalue weighted by molar-refractivity contribution is 7.10. The van der Waals surface area contributed by atoms with E-state index in [0.29, 0.717) is 17.4 Å². The number of thiophene rings is 1. The second-order valence-corrected chi connectivity index (χ2v) is 6.95. The summed E-state index contributed by atoms with van der Waals surface area (Å²) in [7, 11) is 0. The monoisotopic (exact) mass is 331 g/mol. The van der Waals surface area contributed by atoms with Crippen LogP contribution < -0.4 is 5.01 Å². The second kappa shape index (κ2) is 5.48. The van der Waals surface area contributed by atoms with Crippen LogP contribution >= 0.6 is 22.9 Å². The van der Waals surface area contributed by atoms with Gasteiger partial charge in [0, 0.05) is 22.8 Å². The average molecular weight is 332 g/mol. The summed E-state index contributed by atoms with van der Waals surface area (Å²) < 4.78 is 0. The summed E-state index contributed by atoms with van der Waals surface area (Å²) in [6, 6.07) is 7.36. The number of hydrogen-bond acceptors (Lipinski definition) is 4. The SMILES string of the molecule is O=C1CC2CCCc3sccc3C2=NN1c1cccc(Cl)n1. The number of rotatable bonds is 1. The van der Waals surface area contributed by atoms with E-state index >= 15 is 0 Å². The highest BCUT2D eigenvalue weighted by Crippen LogP contribution is 2.34. The van der Waals surface area contributed by atoms with E-state index < -0.39 is 0 Å². The van der Waals surface area contributed by atoms with Crippen LogP contribution in [-0.4, -0.2) is 16.6 Å². The Bertz CT molecular complexity index is 770. The molecule has 0 N–H and O–H groups in total. The Morgan fingerprint density at radius 1 is 1.32 bits per heavy atom. The summed E-state index contributed by atoms with van der Waals surface area (Å²) in [5.41, 5.74) is 2.22. The van der Waals surface area contributed by atoms with E-state index in [1.807, 2.05) is 0 Å². The lowest BCUT2D eigenvalue weighted by atomic mass is 9.91. The fourth-order valence-electron chi connectivity index (χ4n) is 3.12. The first-order valence-corrected chi connectivity index (χ1v) is 8.59. The smallest absolute Gasteiger partial charge is 0.249 e. The third-order valence-electron chi connectivity index (χ3n) is 4.15. The number of pyridine rings is 1. The van der Waals surface area contributed by atoms with Gasteiger partial charge < -0.3 is 0 Å². The maximum atomic E-state index is 12.5. The molecule has 0 fully saturated rings. The van der Waals surface area contributed by atoms with Gasteiger partial charge in [-0.15, -0.1) is 11.3 Å². The zero-order valence-corrected chi connectivity index (χ0v) is 13.4. The largest absolute Gasteiger partial charge is 0.272 e. The van der Waals surface area contributed by atoms with Gasteiger partial charge in [0.1, 0.15) is 5.15 Å².